The Morgan fingerprint density at radius 3 is 2.39 bits per heavy atom. The zero-order valence-corrected chi connectivity index (χ0v) is 17.8. The van der Waals surface area contributed by atoms with E-state index in [1.165, 1.54) is 4.90 Å². The predicted molar refractivity (Wildman–Crippen MR) is 107 cm³/mol. The third kappa shape index (κ3) is 6.67. The Morgan fingerprint density at radius 2 is 1.82 bits per heavy atom. The van der Waals surface area contributed by atoms with Crippen molar-refractivity contribution in [1.29, 1.82) is 0 Å². The quantitative estimate of drug-likeness (QED) is 0.341. The van der Waals surface area contributed by atoms with Crippen molar-refractivity contribution >= 4 is 17.8 Å². The fourth-order valence-corrected chi connectivity index (χ4v) is 2.92. The summed E-state index contributed by atoms with van der Waals surface area (Å²) < 4.78 is 10.4. The molecule has 8 heteroatoms. The third-order valence-corrected chi connectivity index (χ3v) is 4.15. The number of ether oxygens (including phenoxy) is 2. The molecule has 0 aliphatic rings. The predicted octanol–water partition coefficient (Wildman–Crippen LogP) is 2.84. The molecule has 0 aliphatic carbocycles. The van der Waals surface area contributed by atoms with E-state index in [0.29, 0.717) is 43.0 Å². The molecule has 1 rings (SSSR count). The number of aromatic nitrogens is 1. The van der Waals surface area contributed by atoms with Crippen molar-refractivity contribution in [3.8, 4) is 0 Å². The van der Waals surface area contributed by atoms with Gasteiger partial charge in [-0.15, -0.1) is 0 Å². The monoisotopic (exact) mass is 395 g/mol. The molecule has 0 aromatic carbocycles. The van der Waals surface area contributed by atoms with E-state index >= 15 is 0 Å². The summed E-state index contributed by atoms with van der Waals surface area (Å²) in [6.45, 7) is 12.5. The van der Waals surface area contributed by atoms with Crippen LogP contribution in [0.15, 0.2) is 0 Å². The molecule has 0 fully saturated rings. The van der Waals surface area contributed by atoms with E-state index in [4.69, 9.17) is 9.47 Å². The number of carbonyl (C=O) groups excluding carboxylic acids is 3. The van der Waals surface area contributed by atoms with Crippen LogP contribution in [0.4, 0.5) is 4.79 Å². The fourth-order valence-electron chi connectivity index (χ4n) is 2.92. The number of aromatic amines is 1. The van der Waals surface area contributed by atoms with Gasteiger partial charge in [0.05, 0.1) is 13.2 Å². The number of carbonyl (C=O) groups is 3. The Bertz CT molecular complexity index is 682. The Balaban J connectivity index is 2.97. The number of aryl methyl sites for hydroxylation is 1. The van der Waals surface area contributed by atoms with Gasteiger partial charge in [-0.1, -0.05) is 0 Å². The number of nitrogens with one attached hydrogen (secondary N) is 2. The second-order valence-corrected chi connectivity index (χ2v) is 6.84. The number of nitrogens with zero attached hydrogens (tertiary/aromatic N) is 1. The highest BCUT2D eigenvalue weighted by atomic mass is 16.5. The summed E-state index contributed by atoms with van der Waals surface area (Å²) in [4.78, 5) is 41.9. The molecule has 0 bridgehead atoms. The van der Waals surface area contributed by atoms with Gasteiger partial charge in [0.15, 0.2) is 5.78 Å². The molecule has 8 nitrogen and oxygen atoms in total. The van der Waals surface area contributed by atoms with Crippen LogP contribution in [0.5, 0.6) is 0 Å². The van der Waals surface area contributed by atoms with Gasteiger partial charge < -0.3 is 24.7 Å². The van der Waals surface area contributed by atoms with Gasteiger partial charge in [0.25, 0.3) is 0 Å². The van der Waals surface area contributed by atoms with Gasteiger partial charge in [-0.25, -0.2) is 9.59 Å². The van der Waals surface area contributed by atoms with Gasteiger partial charge in [-0.05, 0) is 53.5 Å². The average Bonchev–Trinajstić information content (AvgIpc) is 2.91. The number of ketones is 1. The topological polar surface area (TPSA) is 101 Å². The SMILES string of the molecule is CCOCCCN(CC(=O)c1c(C)[nH]c(C(=O)OCC)c1C)C(=O)NC(C)C. The number of H-pyrrole nitrogens is 1. The minimum Gasteiger partial charge on any atom is -0.461 e. The zero-order chi connectivity index (χ0) is 21.3. The van der Waals surface area contributed by atoms with Crippen LogP contribution in [0.1, 0.15) is 66.2 Å². The highest BCUT2D eigenvalue weighted by Gasteiger charge is 2.25. The van der Waals surface area contributed by atoms with Gasteiger partial charge in [-0.3, -0.25) is 4.79 Å². The molecular weight excluding hydrogens is 362 g/mol. The van der Waals surface area contributed by atoms with E-state index in [0.717, 1.165) is 0 Å². The molecular formula is C20H33N3O5. The van der Waals surface area contributed by atoms with Gasteiger partial charge in [0.2, 0.25) is 0 Å². The highest BCUT2D eigenvalue weighted by molar-refractivity contribution is 6.04. The van der Waals surface area contributed by atoms with Crippen molar-refractivity contribution in [3.63, 3.8) is 0 Å². The molecule has 0 aliphatic heterocycles. The van der Waals surface area contributed by atoms with Crippen molar-refractivity contribution < 1.29 is 23.9 Å². The van der Waals surface area contributed by atoms with Crippen molar-refractivity contribution in [2.24, 2.45) is 0 Å². The molecule has 2 N–H and O–H groups in total. The first-order chi connectivity index (χ1) is 13.2. The van der Waals surface area contributed by atoms with Crippen LogP contribution in [0.25, 0.3) is 0 Å². The molecule has 28 heavy (non-hydrogen) atoms. The summed E-state index contributed by atoms with van der Waals surface area (Å²) in [5, 5.41) is 2.82. The molecule has 1 aromatic heterocycles. The lowest BCUT2D eigenvalue weighted by Gasteiger charge is -2.24. The Kier molecular flexibility index (Phi) is 9.72. The highest BCUT2D eigenvalue weighted by Crippen LogP contribution is 2.20. The smallest absolute Gasteiger partial charge is 0.355 e. The lowest BCUT2D eigenvalue weighted by molar-refractivity contribution is 0.0519. The Hall–Kier alpha value is -2.35. The largest absolute Gasteiger partial charge is 0.461 e. The van der Waals surface area contributed by atoms with Crippen molar-refractivity contribution in [3.05, 3.63) is 22.5 Å². The zero-order valence-electron chi connectivity index (χ0n) is 17.8. The van der Waals surface area contributed by atoms with Gasteiger partial charge >= 0.3 is 12.0 Å². The third-order valence-electron chi connectivity index (χ3n) is 4.15. The minimum atomic E-state index is -0.492. The van der Waals surface area contributed by atoms with E-state index < -0.39 is 5.97 Å². The van der Waals surface area contributed by atoms with Gasteiger partial charge in [0.1, 0.15) is 5.69 Å². The molecule has 2 amide bonds. The number of urea groups is 1. The lowest BCUT2D eigenvalue weighted by Crippen LogP contribution is -2.45. The maximum absolute atomic E-state index is 12.9. The van der Waals surface area contributed by atoms with E-state index in [1.807, 2.05) is 20.8 Å². The van der Waals surface area contributed by atoms with Crippen LogP contribution in [0.2, 0.25) is 0 Å². The summed E-state index contributed by atoms with van der Waals surface area (Å²) in [6.07, 6.45) is 0.631. The molecule has 0 saturated carbocycles. The standard InChI is InChI=1S/C20H33N3O5/c1-7-27-11-9-10-23(20(26)21-13(3)4)12-16(24)17-14(5)18(22-15(17)6)19(25)28-8-2/h13,22H,7-12H2,1-6H3,(H,21,26). The summed E-state index contributed by atoms with van der Waals surface area (Å²) in [7, 11) is 0. The van der Waals surface area contributed by atoms with Crippen LogP contribution in [0.3, 0.4) is 0 Å². The van der Waals surface area contributed by atoms with Crippen LogP contribution < -0.4 is 5.32 Å². The lowest BCUT2D eigenvalue weighted by atomic mass is 10.1. The first kappa shape index (κ1) is 23.7. The second kappa shape index (κ2) is 11.5. The normalized spacial score (nSPS) is 10.8. The second-order valence-electron chi connectivity index (χ2n) is 6.84. The number of esters is 1. The summed E-state index contributed by atoms with van der Waals surface area (Å²) in [5.41, 5.74) is 1.83. The molecule has 1 aromatic rings. The van der Waals surface area contributed by atoms with Crippen LogP contribution in [-0.2, 0) is 9.47 Å². The van der Waals surface area contributed by atoms with Gasteiger partial charge in [-0.2, -0.15) is 0 Å². The van der Waals surface area contributed by atoms with E-state index in [2.05, 4.69) is 10.3 Å². The first-order valence-electron chi connectivity index (χ1n) is 9.75. The molecule has 0 spiro atoms. The average molecular weight is 396 g/mol. The maximum atomic E-state index is 12.9. The Labute approximate surface area is 167 Å². The molecule has 0 atom stereocenters. The molecule has 0 unspecified atom stereocenters. The fraction of sp³-hybridized carbons (Fsp3) is 0.650. The molecule has 0 saturated heterocycles. The van der Waals surface area contributed by atoms with Crippen molar-refractivity contribution in [1.82, 2.24) is 15.2 Å². The molecule has 0 radical (unpaired) electrons. The molecule has 158 valence electrons. The first-order valence-corrected chi connectivity index (χ1v) is 9.75. The summed E-state index contributed by atoms with van der Waals surface area (Å²) in [5.74, 6) is -0.717. The van der Waals surface area contributed by atoms with E-state index in [-0.39, 0.29) is 36.7 Å². The van der Waals surface area contributed by atoms with Crippen LogP contribution in [-0.4, -0.2) is 66.6 Å². The van der Waals surface area contributed by atoms with Crippen LogP contribution in [0, 0.1) is 13.8 Å². The summed E-state index contributed by atoms with van der Waals surface area (Å²) >= 11 is 0. The summed E-state index contributed by atoms with van der Waals surface area (Å²) in [6, 6.07) is -0.334. The van der Waals surface area contributed by atoms with E-state index in [9.17, 15) is 14.4 Å². The van der Waals surface area contributed by atoms with Crippen molar-refractivity contribution in [2.45, 2.75) is 54.0 Å². The van der Waals surface area contributed by atoms with Crippen molar-refractivity contribution in [2.75, 3.05) is 32.9 Å². The number of Topliss-reactive ketones (excluding diaryl/α,β-unsaturated/α-hetero) is 1. The number of rotatable bonds is 11. The Morgan fingerprint density at radius 1 is 1.14 bits per heavy atom. The number of hydrogen-bond donors (Lipinski definition) is 2. The number of hydrogen-bond acceptors (Lipinski definition) is 5. The maximum Gasteiger partial charge on any atom is 0.355 e. The van der Waals surface area contributed by atoms with Crippen LogP contribution >= 0.6 is 0 Å². The molecule has 1 heterocycles. The van der Waals surface area contributed by atoms with E-state index in [1.54, 1.807) is 20.8 Å². The minimum absolute atomic E-state index is 0.0388. The number of amides is 2. The van der Waals surface area contributed by atoms with Gasteiger partial charge in [0, 0.05) is 37.1 Å².